The summed E-state index contributed by atoms with van der Waals surface area (Å²) in [6.45, 7) is 7.70. The first-order chi connectivity index (χ1) is 12.1. The van der Waals surface area contributed by atoms with Crippen LogP contribution in [0.2, 0.25) is 0 Å². The van der Waals surface area contributed by atoms with Gasteiger partial charge >= 0.3 is 0 Å². The molecule has 25 heavy (non-hydrogen) atoms. The van der Waals surface area contributed by atoms with Crippen molar-refractivity contribution < 1.29 is 14.3 Å². The highest BCUT2D eigenvalue weighted by atomic mass is 16.7. The van der Waals surface area contributed by atoms with Gasteiger partial charge in [0.05, 0.1) is 19.8 Å². The van der Waals surface area contributed by atoms with Gasteiger partial charge in [0, 0.05) is 24.9 Å². The van der Waals surface area contributed by atoms with Crippen LogP contribution < -0.4 is 0 Å². The Kier molecular flexibility index (Phi) is 4.56. The maximum absolute atomic E-state index is 13.1. The van der Waals surface area contributed by atoms with E-state index in [1.807, 2.05) is 4.90 Å². The molecule has 0 bridgehead atoms. The van der Waals surface area contributed by atoms with Gasteiger partial charge in [-0.2, -0.15) is 0 Å². The summed E-state index contributed by atoms with van der Waals surface area (Å²) >= 11 is 0. The molecule has 3 heterocycles. The van der Waals surface area contributed by atoms with E-state index < -0.39 is 5.79 Å². The summed E-state index contributed by atoms with van der Waals surface area (Å²) in [6.07, 6.45) is 2.64. The zero-order valence-electron chi connectivity index (χ0n) is 15.1. The lowest BCUT2D eigenvalue weighted by molar-refractivity contribution is -0.158. The number of nitrogens with zero attached hydrogens (tertiary/aromatic N) is 2. The lowest BCUT2D eigenvalue weighted by Crippen LogP contribution is -2.49. The Balaban J connectivity index is 1.33. The number of ether oxygens (including phenoxy) is 2. The van der Waals surface area contributed by atoms with E-state index in [2.05, 4.69) is 42.2 Å². The van der Waals surface area contributed by atoms with Gasteiger partial charge in [0.25, 0.3) is 0 Å². The average Bonchev–Trinajstić information content (AvgIpc) is 3.28. The molecule has 5 heteroatoms. The summed E-state index contributed by atoms with van der Waals surface area (Å²) < 4.78 is 11.5. The van der Waals surface area contributed by atoms with Gasteiger partial charge in [-0.1, -0.05) is 37.3 Å². The van der Waals surface area contributed by atoms with Crippen molar-refractivity contribution in [2.24, 2.45) is 5.41 Å². The van der Waals surface area contributed by atoms with Crippen LogP contribution in [0.25, 0.3) is 0 Å². The molecule has 0 radical (unpaired) electrons. The fourth-order valence-corrected chi connectivity index (χ4v) is 4.30. The van der Waals surface area contributed by atoms with Crippen molar-refractivity contribution in [3.8, 4) is 0 Å². The Morgan fingerprint density at radius 2 is 1.72 bits per heavy atom. The zero-order valence-corrected chi connectivity index (χ0v) is 15.1. The lowest BCUT2D eigenvalue weighted by Gasteiger charge is -2.40. The fourth-order valence-electron chi connectivity index (χ4n) is 4.30. The monoisotopic (exact) mass is 344 g/mol. The van der Waals surface area contributed by atoms with E-state index in [0.717, 1.165) is 45.4 Å². The highest BCUT2D eigenvalue weighted by Crippen LogP contribution is 2.37. The Bertz CT molecular complexity index is 605. The first-order valence-electron chi connectivity index (χ1n) is 9.42. The van der Waals surface area contributed by atoms with Crippen molar-refractivity contribution in [3.63, 3.8) is 0 Å². The van der Waals surface area contributed by atoms with Gasteiger partial charge in [0.15, 0.2) is 5.79 Å². The molecule has 3 saturated heterocycles. The third-order valence-electron chi connectivity index (χ3n) is 6.02. The second-order valence-corrected chi connectivity index (χ2v) is 7.91. The Morgan fingerprint density at radius 1 is 1.04 bits per heavy atom. The second-order valence-electron chi connectivity index (χ2n) is 7.91. The molecule has 0 aliphatic carbocycles. The summed E-state index contributed by atoms with van der Waals surface area (Å²) in [4.78, 5) is 17.6. The average molecular weight is 344 g/mol. The lowest BCUT2D eigenvalue weighted by atomic mass is 9.79. The van der Waals surface area contributed by atoms with Crippen LogP contribution in [0.5, 0.6) is 0 Å². The number of benzene rings is 1. The topological polar surface area (TPSA) is 42.0 Å². The minimum absolute atomic E-state index is 0.253. The van der Waals surface area contributed by atoms with E-state index in [-0.39, 0.29) is 11.3 Å². The Labute approximate surface area is 149 Å². The van der Waals surface area contributed by atoms with Crippen LogP contribution in [0.1, 0.15) is 31.7 Å². The number of rotatable bonds is 3. The molecule has 0 N–H and O–H groups in total. The molecule has 1 aromatic carbocycles. The maximum Gasteiger partial charge on any atom is 0.228 e. The third kappa shape index (κ3) is 3.46. The summed E-state index contributed by atoms with van der Waals surface area (Å²) in [5, 5.41) is 0. The zero-order chi connectivity index (χ0) is 17.3. The van der Waals surface area contributed by atoms with Crippen LogP contribution in [0.3, 0.4) is 0 Å². The molecule has 0 atom stereocenters. The van der Waals surface area contributed by atoms with Crippen molar-refractivity contribution in [2.75, 3.05) is 39.4 Å². The molecular formula is C20H28N2O3. The molecule has 5 nitrogen and oxygen atoms in total. The maximum atomic E-state index is 13.1. The fraction of sp³-hybridized carbons (Fsp3) is 0.650. The first kappa shape index (κ1) is 17.0. The summed E-state index contributed by atoms with van der Waals surface area (Å²) in [7, 11) is 0. The van der Waals surface area contributed by atoms with Gasteiger partial charge in [-0.25, -0.2) is 0 Å². The molecule has 3 aliphatic heterocycles. The number of piperidine rings is 1. The number of carbonyl (C=O) groups is 1. The minimum atomic E-state index is -0.514. The molecule has 3 aliphatic rings. The molecule has 1 amide bonds. The van der Waals surface area contributed by atoms with Crippen LogP contribution in [0.15, 0.2) is 30.3 Å². The quantitative estimate of drug-likeness (QED) is 0.844. The van der Waals surface area contributed by atoms with E-state index >= 15 is 0 Å². The molecule has 4 rings (SSSR count). The number of hydrogen-bond acceptors (Lipinski definition) is 4. The third-order valence-corrected chi connectivity index (χ3v) is 6.02. The number of carbonyl (C=O) groups excluding carboxylic acids is 1. The van der Waals surface area contributed by atoms with Crippen molar-refractivity contribution in [2.45, 2.75) is 38.5 Å². The molecule has 1 aromatic rings. The number of amides is 1. The van der Waals surface area contributed by atoms with E-state index in [0.29, 0.717) is 19.8 Å². The predicted octanol–water partition coefficient (Wildman–Crippen LogP) is 2.26. The van der Waals surface area contributed by atoms with E-state index in [1.165, 1.54) is 5.56 Å². The minimum Gasteiger partial charge on any atom is -0.346 e. The summed E-state index contributed by atoms with van der Waals surface area (Å²) in [6, 6.07) is 10.6. The van der Waals surface area contributed by atoms with Crippen LogP contribution >= 0.6 is 0 Å². The van der Waals surface area contributed by atoms with E-state index in [9.17, 15) is 4.79 Å². The van der Waals surface area contributed by atoms with Crippen molar-refractivity contribution >= 4 is 5.91 Å². The van der Waals surface area contributed by atoms with E-state index in [4.69, 9.17) is 9.47 Å². The first-order valence-corrected chi connectivity index (χ1v) is 9.42. The van der Waals surface area contributed by atoms with Crippen LogP contribution in [0, 0.1) is 5.41 Å². The van der Waals surface area contributed by atoms with Crippen molar-refractivity contribution in [3.05, 3.63) is 35.9 Å². The second kappa shape index (κ2) is 6.71. The van der Waals surface area contributed by atoms with Gasteiger partial charge < -0.3 is 14.4 Å². The highest BCUT2D eigenvalue weighted by Gasteiger charge is 2.48. The van der Waals surface area contributed by atoms with E-state index in [1.54, 1.807) is 0 Å². The molecule has 0 saturated carbocycles. The SMILES string of the molecule is CC1(C(=O)N2CCC3(C2)OCCO3)CCN(Cc2ccccc2)CC1. The summed E-state index contributed by atoms with van der Waals surface area (Å²) in [5.41, 5.74) is 1.09. The Hall–Kier alpha value is -1.43. The standard InChI is InChI=1S/C20H28N2O3/c1-19(18(23)22-12-9-20(16-22)24-13-14-25-20)7-10-21(11-8-19)15-17-5-3-2-4-6-17/h2-6H,7-16H2,1H3. The molecule has 1 spiro atoms. The molecule has 3 fully saturated rings. The van der Waals surface area contributed by atoms with Crippen LogP contribution in [-0.2, 0) is 20.8 Å². The van der Waals surface area contributed by atoms with Gasteiger partial charge in [0.2, 0.25) is 5.91 Å². The van der Waals surface area contributed by atoms with Crippen molar-refractivity contribution in [1.29, 1.82) is 0 Å². The van der Waals surface area contributed by atoms with Crippen LogP contribution in [-0.4, -0.2) is 60.9 Å². The Morgan fingerprint density at radius 3 is 2.40 bits per heavy atom. The van der Waals surface area contributed by atoms with Crippen LogP contribution in [0.4, 0.5) is 0 Å². The number of likely N-dealkylation sites (tertiary alicyclic amines) is 2. The molecular weight excluding hydrogens is 316 g/mol. The van der Waals surface area contributed by atoms with Crippen molar-refractivity contribution in [1.82, 2.24) is 9.80 Å². The van der Waals surface area contributed by atoms with Gasteiger partial charge in [-0.05, 0) is 31.5 Å². The highest BCUT2D eigenvalue weighted by molar-refractivity contribution is 5.82. The summed E-state index contributed by atoms with van der Waals surface area (Å²) in [5.74, 6) is -0.233. The predicted molar refractivity (Wildman–Crippen MR) is 94.9 cm³/mol. The molecule has 0 unspecified atom stereocenters. The largest absolute Gasteiger partial charge is 0.346 e. The van der Waals surface area contributed by atoms with Gasteiger partial charge in [-0.3, -0.25) is 9.69 Å². The molecule has 0 aromatic heterocycles. The molecule has 136 valence electrons. The number of hydrogen-bond donors (Lipinski definition) is 0. The smallest absolute Gasteiger partial charge is 0.228 e. The van der Waals surface area contributed by atoms with Gasteiger partial charge in [-0.15, -0.1) is 0 Å². The normalized spacial score (nSPS) is 25.6. The van der Waals surface area contributed by atoms with Gasteiger partial charge in [0.1, 0.15) is 0 Å².